The Hall–Kier alpha value is -1.97. The van der Waals surface area contributed by atoms with Gasteiger partial charge in [-0.05, 0) is 51.7 Å². The smallest absolute Gasteiger partial charge is 0.150 e. The van der Waals surface area contributed by atoms with Crippen LogP contribution >= 0.6 is 21.7 Å². The van der Waals surface area contributed by atoms with E-state index in [9.17, 15) is 4.79 Å². The number of carbonyl (C=O) groups is 1. The van der Waals surface area contributed by atoms with Crippen molar-refractivity contribution in [2.45, 2.75) is 11.8 Å². The van der Waals surface area contributed by atoms with Crippen molar-refractivity contribution in [3.63, 3.8) is 0 Å². The number of aldehydes is 1. The fourth-order valence-electron chi connectivity index (χ4n) is 2.28. The third-order valence-corrected chi connectivity index (χ3v) is 4.57. The van der Waals surface area contributed by atoms with Crippen molar-refractivity contribution in [2.75, 3.05) is 12.4 Å². The number of fused-ring (bicyclic) bond motifs is 1. The molecule has 23 heavy (non-hydrogen) atoms. The average Bonchev–Trinajstić information content (AvgIpc) is 2.61. The standard InChI is InChI=1S/C11H10ClNS.C8H8O/c1-13-10-6-7-11(14-12)9-5-3-2-4-8(9)10;1-7-4-2-3-5-8(7)6-9/h2-7,13H,1H3;2-6H,1H3. The maximum absolute atomic E-state index is 10.2. The lowest BCUT2D eigenvalue weighted by atomic mass is 10.1. The minimum Gasteiger partial charge on any atom is -0.388 e. The summed E-state index contributed by atoms with van der Waals surface area (Å²) in [5, 5.41) is 5.57. The van der Waals surface area contributed by atoms with Crippen molar-refractivity contribution < 1.29 is 4.79 Å². The molecule has 0 saturated carbocycles. The van der Waals surface area contributed by atoms with E-state index >= 15 is 0 Å². The van der Waals surface area contributed by atoms with Gasteiger partial charge in [0.25, 0.3) is 0 Å². The summed E-state index contributed by atoms with van der Waals surface area (Å²) in [7, 11) is 8.99. The molecule has 4 heteroatoms. The van der Waals surface area contributed by atoms with Gasteiger partial charge < -0.3 is 5.32 Å². The molecule has 0 amide bonds. The van der Waals surface area contributed by atoms with Gasteiger partial charge in [0.15, 0.2) is 0 Å². The fraction of sp³-hybridized carbons (Fsp3) is 0.105. The Balaban J connectivity index is 0.000000185. The first-order valence-corrected chi connectivity index (χ1v) is 8.84. The number of rotatable bonds is 3. The summed E-state index contributed by atoms with van der Waals surface area (Å²) < 4.78 is 0. The Kier molecular flexibility index (Phi) is 6.51. The van der Waals surface area contributed by atoms with Crippen LogP contribution in [0, 0.1) is 6.92 Å². The number of aryl methyl sites for hydroxylation is 1. The molecule has 3 rings (SSSR count). The van der Waals surface area contributed by atoms with Gasteiger partial charge in [-0.1, -0.05) is 48.5 Å². The van der Waals surface area contributed by atoms with Gasteiger partial charge in [-0.25, -0.2) is 0 Å². The van der Waals surface area contributed by atoms with E-state index in [1.165, 1.54) is 21.7 Å². The van der Waals surface area contributed by atoms with E-state index in [4.69, 9.17) is 10.7 Å². The number of hydrogen-bond donors (Lipinski definition) is 1. The van der Waals surface area contributed by atoms with E-state index in [2.05, 4.69) is 17.4 Å². The molecule has 0 atom stereocenters. The van der Waals surface area contributed by atoms with Crippen molar-refractivity contribution in [3.05, 3.63) is 71.8 Å². The van der Waals surface area contributed by atoms with Gasteiger partial charge in [-0.15, -0.1) is 0 Å². The zero-order chi connectivity index (χ0) is 16.7. The van der Waals surface area contributed by atoms with E-state index in [1.807, 2.05) is 62.5 Å². The monoisotopic (exact) mass is 343 g/mol. The molecule has 118 valence electrons. The second kappa shape index (κ2) is 8.61. The quantitative estimate of drug-likeness (QED) is 0.597. The maximum Gasteiger partial charge on any atom is 0.150 e. The molecular weight excluding hydrogens is 326 g/mol. The summed E-state index contributed by atoms with van der Waals surface area (Å²) in [5.41, 5.74) is 2.94. The van der Waals surface area contributed by atoms with Gasteiger partial charge >= 0.3 is 0 Å². The second-order valence-electron chi connectivity index (χ2n) is 4.96. The minimum absolute atomic E-state index is 0.775. The molecule has 0 saturated heterocycles. The van der Waals surface area contributed by atoms with Gasteiger partial charge in [0.1, 0.15) is 6.29 Å². The average molecular weight is 344 g/mol. The molecule has 3 aromatic carbocycles. The van der Waals surface area contributed by atoms with Crippen LogP contribution in [0.25, 0.3) is 10.8 Å². The van der Waals surface area contributed by atoms with Crippen molar-refractivity contribution in [2.24, 2.45) is 0 Å². The predicted molar refractivity (Wildman–Crippen MR) is 102 cm³/mol. The summed E-state index contributed by atoms with van der Waals surface area (Å²) >= 11 is 0. The molecule has 0 aliphatic carbocycles. The Labute approximate surface area is 145 Å². The molecule has 0 radical (unpaired) electrons. The molecule has 0 aliphatic heterocycles. The Morgan fingerprint density at radius 2 is 1.61 bits per heavy atom. The number of benzene rings is 3. The van der Waals surface area contributed by atoms with Gasteiger partial charge in [0.05, 0.1) is 0 Å². The summed E-state index contributed by atoms with van der Waals surface area (Å²) in [5.74, 6) is 0. The molecule has 0 fully saturated rings. The first-order chi connectivity index (χ1) is 11.2. The van der Waals surface area contributed by atoms with Gasteiger partial charge in [-0.2, -0.15) is 0 Å². The number of carbonyl (C=O) groups excluding carboxylic acids is 1. The van der Waals surface area contributed by atoms with Crippen LogP contribution in [0.1, 0.15) is 15.9 Å². The van der Waals surface area contributed by atoms with Crippen LogP contribution in [-0.2, 0) is 0 Å². The van der Waals surface area contributed by atoms with Crippen LogP contribution in [0.3, 0.4) is 0 Å². The van der Waals surface area contributed by atoms with Crippen molar-refractivity contribution in [3.8, 4) is 0 Å². The first-order valence-electron chi connectivity index (χ1n) is 7.20. The first kappa shape index (κ1) is 17.4. The largest absolute Gasteiger partial charge is 0.388 e. The molecule has 3 aromatic rings. The SMILES string of the molecule is CNc1ccc(SCl)c2ccccc12.Cc1ccccc1C=O. The minimum atomic E-state index is 0.775. The van der Waals surface area contributed by atoms with E-state index < -0.39 is 0 Å². The van der Waals surface area contributed by atoms with Crippen molar-refractivity contribution >= 4 is 44.4 Å². The molecule has 0 spiro atoms. The zero-order valence-electron chi connectivity index (χ0n) is 13.0. The highest BCUT2D eigenvalue weighted by atomic mass is 35.7. The van der Waals surface area contributed by atoms with E-state index in [-0.39, 0.29) is 0 Å². The van der Waals surface area contributed by atoms with Crippen LogP contribution in [0.2, 0.25) is 0 Å². The van der Waals surface area contributed by atoms with E-state index in [0.717, 1.165) is 28.0 Å². The maximum atomic E-state index is 10.2. The van der Waals surface area contributed by atoms with Crippen LogP contribution in [0.4, 0.5) is 5.69 Å². The van der Waals surface area contributed by atoms with Crippen molar-refractivity contribution in [1.29, 1.82) is 0 Å². The lowest BCUT2D eigenvalue weighted by Crippen LogP contribution is -1.89. The second-order valence-corrected chi connectivity index (χ2v) is 6.02. The predicted octanol–water partition coefficient (Wildman–Crippen LogP) is 5.93. The lowest BCUT2D eigenvalue weighted by molar-refractivity contribution is 0.112. The highest BCUT2D eigenvalue weighted by Gasteiger charge is 2.03. The molecule has 0 aliphatic rings. The molecule has 0 heterocycles. The molecular formula is C19H18ClNOS. The van der Waals surface area contributed by atoms with Gasteiger partial charge in [0.2, 0.25) is 0 Å². The molecule has 0 unspecified atom stereocenters. The molecule has 1 N–H and O–H groups in total. The molecule has 2 nitrogen and oxygen atoms in total. The lowest BCUT2D eigenvalue weighted by Gasteiger charge is -2.08. The zero-order valence-corrected chi connectivity index (χ0v) is 14.6. The third-order valence-electron chi connectivity index (χ3n) is 3.55. The van der Waals surface area contributed by atoms with Crippen LogP contribution in [-0.4, -0.2) is 13.3 Å². The summed E-state index contributed by atoms with van der Waals surface area (Å²) in [6, 6.07) is 19.8. The van der Waals surface area contributed by atoms with Crippen molar-refractivity contribution in [1.82, 2.24) is 0 Å². The summed E-state index contributed by atoms with van der Waals surface area (Å²) in [6.45, 7) is 1.92. The number of halogens is 1. The Morgan fingerprint density at radius 1 is 0.957 bits per heavy atom. The highest BCUT2D eigenvalue weighted by Crippen LogP contribution is 2.33. The number of hydrogen-bond acceptors (Lipinski definition) is 3. The normalized spacial score (nSPS) is 9.87. The van der Waals surface area contributed by atoms with Crippen LogP contribution in [0.5, 0.6) is 0 Å². The Morgan fingerprint density at radius 3 is 2.17 bits per heavy atom. The topological polar surface area (TPSA) is 29.1 Å². The summed E-state index contributed by atoms with van der Waals surface area (Å²) in [4.78, 5) is 11.3. The Bertz CT molecular complexity index is 762. The summed E-state index contributed by atoms with van der Waals surface area (Å²) in [6.07, 6.45) is 0.870. The van der Waals surface area contributed by atoms with Gasteiger partial charge in [-0.3, -0.25) is 4.79 Å². The fourth-order valence-corrected chi connectivity index (χ4v) is 3.06. The van der Waals surface area contributed by atoms with Gasteiger partial charge in [0, 0.05) is 28.6 Å². The van der Waals surface area contributed by atoms with E-state index in [0.29, 0.717) is 0 Å². The van der Waals surface area contributed by atoms with E-state index in [1.54, 1.807) is 0 Å². The number of nitrogens with one attached hydrogen (secondary N) is 1. The third kappa shape index (κ3) is 4.27. The molecule has 0 bridgehead atoms. The highest BCUT2D eigenvalue weighted by molar-refractivity contribution is 8.21. The van der Waals surface area contributed by atoms with Crippen LogP contribution in [0.15, 0.2) is 65.6 Å². The van der Waals surface area contributed by atoms with Crippen LogP contribution < -0.4 is 5.32 Å². The number of anilines is 1. The molecule has 0 aromatic heterocycles.